The van der Waals surface area contributed by atoms with Crippen LogP contribution in [0.15, 0.2) is 54.6 Å². The van der Waals surface area contributed by atoms with Gasteiger partial charge in [0.2, 0.25) is 5.91 Å². The van der Waals surface area contributed by atoms with Crippen molar-refractivity contribution in [1.29, 1.82) is 0 Å². The molecule has 0 aliphatic carbocycles. The quantitative estimate of drug-likeness (QED) is 0.728. The van der Waals surface area contributed by atoms with Crippen LogP contribution in [0.2, 0.25) is 0 Å². The minimum absolute atomic E-state index is 0.0445. The summed E-state index contributed by atoms with van der Waals surface area (Å²) in [6, 6.07) is 16.4. The van der Waals surface area contributed by atoms with E-state index in [9.17, 15) is 9.59 Å². The minimum Gasteiger partial charge on any atom is -0.497 e. The maximum atomic E-state index is 13.5. The zero-order valence-corrected chi connectivity index (χ0v) is 19.4. The van der Waals surface area contributed by atoms with Gasteiger partial charge in [-0.15, -0.1) is 0 Å². The summed E-state index contributed by atoms with van der Waals surface area (Å²) < 4.78 is 5.17. The van der Waals surface area contributed by atoms with Gasteiger partial charge in [-0.1, -0.05) is 30.3 Å². The highest BCUT2D eigenvalue weighted by Crippen LogP contribution is 2.24. The molecular formula is C25H31N3O3S. The van der Waals surface area contributed by atoms with Gasteiger partial charge < -0.3 is 15.0 Å². The Kier molecular flexibility index (Phi) is 7.71. The van der Waals surface area contributed by atoms with E-state index in [1.807, 2.05) is 47.0 Å². The Labute approximate surface area is 194 Å². The van der Waals surface area contributed by atoms with Gasteiger partial charge in [0.15, 0.2) is 0 Å². The molecule has 2 heterocycles. The first-order chi connectivity index (χ1) is 15.7. The molecule has 6 nitrogen and oxygen atoms in total. The molecule has 170 valence electrons. The third-order valence-corrected chi connectivity index (χ3v) is 7.39. The van der Waals surface area contributed by atoms with Crippen LogP contribution in [-0.2, 0) is 4.79 Å². The molecule has 0 aromatic heterocycles. The second kappa shape index (κ2) is 10.9. The predicted octanol–water partition coefficient (Wildman–Crippen LogP) is 3.21. The standard InChI is InChI=1S/C25H31N3O3S/c1-31-22-9-7-20(8-10-22)24(29)26-23(19-5-3-2-4-6-19)25(30)28-15-13-27(14-16-28)21-11-17-32-18-12-21/h2-10,21,23H,11-18H2,1H3,(H,26,29)/t23-/m1/s1. The van der Waals surface area contributed by atoms with Crippen LogP contribution in [0.5, 0.6) is 5.75 Å². The molecule has 0 saturated carbocycles. The number of carbonyl (C=O) groups is 2. The van der Waals surface area contributed by atoms with Crippen LogP contribution in [0, 0.1) is 0 Å². The Morgan fingerprint density at radius 1 is 0.969 bits per heavy atom. The van der Waals surface area contributed by atoms with E-state index in [-0.39, 0.29) is 11.8 Å². The molecule has 4 rings (SSSR count). The highest BCUT2D eigenvalue weighted by molar-refractivity contribution is 7.99. The first kappa shape index (κ1) is 22.7. The number of hydrogen-bond donors (Lipinski definition) is 1. The lowest BCUT2D eigenvalue weighted by molar-refractivity contribution is -0.135. The first-order valence-electron chi connectivity index (χ1n) is 11.3. The van der Waals surface area contributed by atoms with E-state index in [0.717, 1.165) is 18.7 Å². The number of rotatable bonds is 6. The average Bonchev–Trinajstić information content (AvgIpc) is 2.88. The lowest BCUT2D eigenvalue weighted by Crippen LogP contribution is -2.54. The van der Waals surface area contributed by atoms with Gasteiger partial charge in [0.05, 0.1) is 7.11 Å². The molecule has 2 aromatic rings. The van der Waals surface area contributed by atoms with Crippen LogP contribution in [0.3, 0.4) is 0 Å². The van der Waals surface area contributed by atoms with E-state index in [2.05, 4.69) is 10.2 Å². The monoisotopic (exact) mass is 453 g/mol. The molecule has 1 atom stereocenters. The number of nitrogens with zero attached hydrogens (tertiary/aromatic N) is 2. The summed E-state index contributed by atoms with van der Waals surface area (Å²) in [7, 11) is 1.59. The van der Waals surface area contributed by atoms with Gasteiger partial charge in [-0.05, 0) is 54.2 Å². The maximum Gasteiger partial charge on any atom is 0.252 e. The van der Waals surface area contributed by atoms with Crippen molar-refractivity contribution >= 4 is 23.6 Å². The van der Waals surface area contributed by atoms with Crippen LogP contribution in [0.25, 0.3) is 0 Å². The molecule has 0 bridgehead atoms. The highest BCUT2D eigenvalue weighted by atomic mass is 32.2. The van der Waals surface area contributed by atoms with E-state index < -0.39 is 6.04 Å². The molecule has 32 heavy (non-hydrogen) atoms. The number of carbonyl (C=O) groups excluding carboxylic acids is 2. The summed E-state index contributed by atoms with van der Waals surface area (Å²) in [5, 5.41) is 2.97. The van der Waals surface area contributed by atoms with Crippen molar-refractivity contribution in [3.05, 3.63) is 65.7 Å². The van der Waals surface area contributed by atoms with Crippen LogP contribution < -0.4 is 10.1 Å². The van der Waals surface area contributed by atoms with Crippen LogP contribution in [0.1, 0.15) is 34.8 Å². The molecule has 0 radical (unpaired) electrons. The molecule has 2 amide bonds. The smallest absolute Gasteiger partial charge is 0.252 e. The number of benzene rings is 2. The Morgan fingerprint density at radius 2 is 1.62 bits per heavy atom. The molecule has 0 unspecified atom stereocenters. The Morgan fingerprint density at radius 3 is 2.25 bits per heavy atom. The van der Waals surface area contributed by atoms with Gasteiger partial charge >= 0.3 is 0 Å². The van der Waals surface area contributed by atoms with Crippen LogP contribution >= 0.6 is 11.8 Å². The van der Waals surface area contributed by atoms with Crippen molar-refractivity contribution in [3.8, 4) is 5.75 Å². The van der Waals surface area contributed by atoms with Crippen LogP contribution in [0.4, 0.5) is 0 Å². The number of thioether (sulfide) groups is 1. The third-order valence-electron chi connectivity index (χ3n) is 6.34. The highest BCUT2D eigenvalue weighted by Gasteiger charge is 2.32. The van der Waals surface area contributed by atoms with Gasteiger partial charge in [0, 0.05) is 37.8 Å². The van der Waals surface area contributed by atoms with Gasteiger partial charge in [-0.2, -0.15) is 11.8 Å². The van der Waals surface area contributed by atoms with Crippen molar-refractivity contribution in [2.24, 2.45) is 0 Å². The summed E-state index contributed by atoms with van der Waals surface area (Å²) in [6.07, 6.45) is 2.48. The summed E-state index contributed by atoms with van der Waals surface area (Å²) in [5.41, 5.74) is 1.30. The number of hydrogen-bond acceptors (Lipinski definition) is 5. The lowest BCUT2D eigenvalue weighted by atomic mass is 10.0. The second-order valence-corrected chi connectivity index (χ2v) is 9.48. The first-order valence-corrected chi connectivity index (χ1v) is 12.4. The fraction of sp³-hybridized carbons (Fsp3) is 0.440. The van der Waals surface area contributed by atoms with Crippen molar-refractivity contribution in [2.75, 3.05) is 44.8 Å². The van der Waals surface area contributed by atoms with Crippen molar-refractivity contribution in [1.82, 2.24) is 15.1 Å². The molecule has 2 aliphatic rings. The Balaban J connectivity index is 1.44. The molecular weight excluding hydrogens is 422 g/mol. The summed E-state index contributed by atoms with van der Waals surface area (Å²) in [5.74, 6) is 2.84. The van der Waals surface area contributed by atoms with E-state index in [1.54, 1.807) is 31.4 Å². The SMILES string of the molecule is COc1ccc(C(=O)N[C@@H](C(=O)N2CCN(C3CCSCC3)CC2)c2ccccc2)cc1. The van der Waals surface area contributed by atoms with E-state index in [0.29, 0.717) is 30.4 Å². The van der Waals surface area contributed by atoms with E-state index in [1.165, 1.54) is 24.3 Å². The zero-order chi connectivity index (χ0) is 22.3. The lowest BCUT2D eigenvalue weighted by Gasteiger charge is -2.41. The molecule has 2 fully saturated rings. The van der Waals surface area contributed by atoms with Gasteiger partial charge in [0.1, 0.15) is 11.8 Å². The maximum absolute atomic E-state index is 13.5. The zero-order valence-electron chi connectivity index (χ0n) is 18.5. The Hall–Kier alpha value is -2.51. The number of amides is 2. The van der Waals surface area contributed by atoms with E-state index in [4.69, 9.17) is 4.74 Å². The average molecular weight is 454 g/mol. The molecule has 7 heteroatoms. The predicted molar refractivity (Wildman–Crippen MR) is 128 cm³/mol. The van der Waals surface area contributed by atoms with Gasteiger partial charge in [-0.3, -0.25) is 14.5 Å². The molecule has 1 N–H and O–H groups in total. The topological polar surface area (TPSA) is 61.9 Å². The molecule has 0 spiro atoms. The van der Waals surface area contributed by atoms with Crippen molar-refractivity contribution in [3.63, 3.8) is 0 Å². The summed E-state index contributed by atoms with van der Waals surface area (Å²) in [4.78, 5) is 30.9. The largest absolute Gasteiger partial charge is 0.497 e. The summed E-state index contributed by atoms with van der Waals surface area (Å²) in [6.45, 7) is 3.19. The normalized spacial score (nSPS) is 18.7. The molecule has 2 aromatic carbocycles. The fourth-order valence-electron chi connectivity index (χ4n) is 4.43. The minimum atomic E-state index is -0.705. The van der Waals surface area contributed by atoms with Gasteiger partial charge in [0.25, 0.3) is 5.91 Å². The van der Waals surface area contributed by atoms with Gasteiger partial charge in [-0.25, -0.2) is 0 Å². The number of ether oxygens (including phenoxy) is 1. The number of methoxy groups -OCH3 is 1. The van der Waals surface area contributed by atoms with Crippen molar-refractivity contribution in [2.45, 2.75) is 24.9 Å². The Bertz CT molecular complexity index is 892. The number of nitrogens with one attached hydrogen (secondary N) is 1. The van der Waals surface area contributed by atoms with Crippen LogP contribution in [-0.4, -0.2) is 72.5 Å². The summed E-state index contributed by atoms with van der Waals surface area (Å²) >= 11 is 2.04. The molecule has 2 aliphatic heterocycles. The van der Waals surface area contributed by atoms with Crippen molar-refractivity contribution < 1.29 is 14.3 Å². The molecule has 2 saturated heterocycles. The van der Waals surface area contributed by atoms with E-state index >= 15 is 0 Å². The third kappa shape index (κ3) is 5.45. The number of piperazine rings is 1. The fourth-order valence-corrected chi connectivity index (χ4v) is 5.51. The second-order valence-electron chi connectivity index (χ2n) is 8.25.